The molecule has 1 atom stereocenters. The summed E-state index contributed by atoms with van der Waals surface area (Å²) >= 11 is 11.8. The highest BCUT2D eigenvalue weighted by Gasteiger charge is 2.22. The largest absolute Gasteiger partial charge is 0.279 e. The molecule has 0 aromatic heterocycles. The minimum Gasteiger partial charge on any atom is -0.279 e. The highest BCUT2D eigenvalue weighted by atomic mass is 35.5. The molecule has 0 fully saturated rings. The monoisotopic (exact) mass is 292 g/mol. The topological polar surface area (TPSA) is 70.0 Å². The number of nitrogens with zero attached hydrogens (tertiary/aromatic N) is 1. The Hall–Kier alpha value is -0.960. The van der Waals surface area contributed by atoms with E-state index in [0.29, 0.717) is 5.56 Å². The van der Waals surface area contributed by atoms with Crippen LogP contribution in [-0.4, -0.2) is 13.7 Å². The third-order valence-corrected chi connectivity index (χ3v) is 4.50. The molecule has 1 rings (SSSR count). The van der Waals surface area contributed by atoms with Crippen LogP contribution in [0.25, 0.3) is 0 Å². The van der Waals surface area contributed by atoms with Crippen LogP contribution in [0.4, 0.5) is 5.69 Å². The van der Waals surface area contributed by atoms with E-state index in [1.807, 2.05) is 0 Å². The van der Waals surface area contributed by atoms with E-state index in [9.17, 15) is 8.42 Å². The lowest BCUT2D eigenvalue weighted by atomic mass is 10.2. The van der Waals surface area contributed by atoms with Crippen molar-refractivity contribution in [1.29, 1.82) is 5.26 Å². The predicted molar refractivity (Wildman–Crippen MR) is 68.8 cm³/mol. The molecule has 92 valence electrons. The van der Waals surface area contributed by atoms with Gasteiger partial charge in [-0.25, -0.2) is 8.42 Å². The minimum absolute atomic E-state index is 0.107. The normalized spacial score (nSPS) is 12.9. The minimum atomic E-state index is -3.81. The van der Waals surface area contributed by atoms with Crippen LogP contribution >= 0.6 is 23.2 Å². The SMILES string of the molecule is Cc1ccc(Cl)c(NS(=O)(=O)C(C)C#N)c1Cl. The molecule has 0 saturated heterocycles. The van der Waals surface area contributed by atoms with Gasteiger partial charge >= 0.3 is 0 Å². The van der Waals surface area contributed by atoms with Crippen LogP contribution in [-0.2, 0) is 10.0 Å². The molecule has 1 aromatic carbocycles. The Morgan fingerprint density at radius 2 is 2.00 bits per heavy atom. The summed E-state index contributed by atoms with van der Waals surface area (Å²) in [7, 11) is -3.81. The third-order valence-electron chi connectivity index (χ3n) is 2.18. The summed E-state index contributed by atoms with van der Waals surface area (Å²) in [5.41, 5.74) is 0.800. The first-order valence-electron chi connectivity index (χ1n) is 4.65. The van der Waals surface area contributed by atoms with Gasteiger partial charge in [0.2, 0.25) is 10.0 Å². The lowest BCUT2D eigenvalue weighted by molar-refractivity contribution is 0.597. The van der Waals surface area contributed by atoms with Crippen molar-refractivity contribution >= 4 is 38.9 Å². The zero-order valence-electron chi connectivity index (χ0n) is 9.16. The molecule has 0 spiro atoms. The molecule has 17 heavy (non-hydrogen) atoms. The molecular formula is C10H10Cl2N2O2S. The zero-order chi connectivity index (χ0) is 13.2. The molecule has 0 saturated carbocycles. The van der Waals surface area contributed by atoms with Crippen molar-refractivity contribution in [2.45, 2.75) is 19.1 Å². The number of halogens is 2. The van der Waals surface area contributed by atoms with Gasteiger partial charge in [-0.1, -0.05) is 29.3 Å². The van der Waals surface area contributed by atoms with Crippen molar-refractivity contribution < 1.29 is 8.42 Å². The molecule has 0 aliphatic heterocycles. The summed E-state index contributed by atoms with van der Waals surface area (Å²) in [5, 5.41) is 7.84. The van der Waals surface area contributed by atoms with E-state index in [1.165, 1.54) is 13.0 Å². The van der Waals surface area contributed by atoms with Gasteiger partial charge in [0, 0.05) is 0 Å². The lowest BCUT2D eigenvalue weighted by Gasteiger charge is -2.13. The summed E-state index contributed by atoms with van der Waals surface area (Å²) in [4.78, 5) is 0. The molecule has 0 bridgehead atoms. The maximum atomic E-state index is 11.7. The van der Waals surface area contributed by atoms with Crippen LogP contribution in [0, 0.1) is 18.3 Å². The van der Waals surface area contributed by atoms with Crippen LogP contribution in [0.3, 0.4) is 0 Å². The summed E-state index contributed by atoms with van der Waals surface area (Å²) in [5.74, 6) is 0. The Labute approximate surface area is 110 Å². The highest BCUT2D eigenvalue weighted by molar-refractivity contribution is 7.93. The lowest BCUT2D eigenvalue weighted by Crippen LogP contribution is -2.24. The Bertz CT molecular complexity index is 579. The van der Waals surface area contributed by atoms with Crippen LogP contribution in [0.15, 0.2) is 12.1 Å². The molecule has 7 heteroatoms. The zero-order valence-corrected chi connectivity index (χ0v) is 11.5. The predicted octanol–water partition coefficient (Wildman–Crippen LogP) is 2.96. The van der Waals surface area contributed by atoms with Crippen LogP contribution in [0.5, 0.6) is 0 Å². The van der Waals surface area contributed by atoms with Gasteiger partial charge in [0.05, 0.1) is 21.8 Å². The third kappa shape index (κ3) is 3.03. The van der Waals surface area contributed by atoms with E-state index in [2.05, 4.69) is 4.72 Å². The number of hydrogen-bond donors (Lipinski definition) is 1. The van der Waals surface area contributed by atoms with Crippen LogP contribution in [0.1, 0.15) is 12.5 Å². The van der Waals surface area contributed by atoms with Gasteiger partial charge < -0.3 is 0 Å². The average molecular weight is 293 g/mol. The van der Waals surface area contributed by atoms with Gasteiger partial charge in [0.15, 0.2) is 5.25 Å². The van der Waals surface area contributed by atoms with E-state index in [4.69, 9.17) is 28.5 Å². The average Bonchev–Trinajstić information content (AvgIpc) is 2.28. The molecule has 0 heterocycles. The molecule has 4 nitrogen and oxygen atoms in total. The van der Waals surface area contributed by atoms with Crippen LogP contribution < -0.4 is 4.72 Å². The molecule has 1 N–H and O–H groups in total. The number of nitrogens with one attached hydrogen (secondary N) is 1. The number of hydrogen-bond acceptors (Lipinski definition) is 3. The Kier molecular flexibility index (Phi) is 4.26. The van der Waals surface area contributed by atoms with Gasteiger partial charge in [-0.15, -0.1) is 0 Å². The number of anilines is 1. The first-order valence-corrected chi connectivity index (χ1v) is 6.95. The fraction of sp³-hybridized carbons (Fsp3) is 0.300. The summed E-state index contributed by atoms with van der Waals surface area (Å²) in [6.07, 6.45) is 0. The van der Waals surface area contributed by atoms with E-state index in [-0.39, 0.29) is 15.7 Å². The van der Waals surface area contributed by atoms with E-state index in [1.54, 1.807) is 19.1 Å². The first kappa shape index (κ1) is 14.1. The molecular weight excluding hydrogens is 283 g/mol. The molecule has 0 radical (unpaired) electrons. The molecule has 1 unspecified atom stereocenters. The molecule has 0 amide bonds. The summed E-state index contributed by atoms with van der Waals surface area (Å²) in [6, 6.07) is 4.86. The Morgan fingerprint density at radius 1 is 1.41 bits per heavy atom. The number of aryl methyl sites for hydroxylation is 1. The van der Waals surface area contributed by atoms with E-state index >= 15 is 0 Å². The first-order chi connectivity index (χ1) is 7.79. The Morgan fingerprint density at radius 3 is 2.53 bits per heavy atom. The van der Waals surface area contributed by atoms with Gasteiger partial charge in [0.1, 0.15) is 0 Å². The standard InChI is InChI=1S/C10H10Cl2N2O2S/c1-6-3-4-8(11)10(9(6)12)14-17(15,16)7(2)5-13/h3-4,7,14H,1-2H3. The van der Waals surface area contributed by atoms with Crippen molar-refractivity contribution in [2.75, 3.05) is 4.72 Å². The second kappa shape index (κ2) is 5.13. The van der Waals surface area contributed by atoms with Crippen molar-refractivity contribution in [3.63, 3.8) is 0 Å². The second-order valence-corrected chi connectivity index (χ2v) is 6.26. The van der Waals surface area contributed by atoms with Gasteiger partial charge in [-0.3, -0.25) is 4.72 Å². The molecule has 0 aliphatic carbocycles. The van der Waals surface area contributed by atoms with E-state index < -0.39 is 15.3 Å². The Balaban J connectivity index is 3.22. The van der Waals surface area contributed by atoms with Gasteiger partial charge in [-0.2, -0.15) is 5.26 Å². The van der Waals surface area contributed by atoms with Gasteiger partial charge in [-0.05, 0) is 25.5 Å². The number of nitriles is 1. The number of benzene rings is 1. The fourth-order valence-corrected chi connectivity index (χ4v) is 2.44. The van der Waals surface area contributed by atoms with E-state index in [0.717, 1.165) is 0 Å². The van der Waals surface area contributed by atoms with Crippen molar-refractivity contribution in [3.05, 3.63) is 27.7 Å². The molecule has 1 aromatic rings. The second-order valence-electron chi connectivity index (χ2n) is 3.47. The quantitative estimate of drug-likeness (QED) is 0.931. The number of rotatable bonds is 3. The summed E-state index contributed by atoms with van der Waals surface area (Å²) in [6.45, 7) is 3.00. The fourth-order valence-electron chi connectivity index (χ4n) is 1.05. The summed E-state index contributed by atoms with van der Waals surface area (Å²) < 4.78 is 25.6. The van der Waals surface area contributed by atoms with Gasteiger partial charge in [0.25, 0.3) is 0 Å². The molecule has 0 aliphatic rings. The smallest absolute Gasteiger partial charge is 0.248 e. The van der Waals surface area contributed by atoms with Crippen LogP contribution in [0.2, 0.25) is 10.0 Å². The maximum absolute atomic E-state index is 11.7. The maximum Gasteiger partial charge on any atom is 0.248 e. The van der Waals surface area contributed by atoms with Crippen molar-refractivity contribution in [2.24, 2.45) is 0 Å². The van der Waals surface area contributed by atoms with Crippen molar-refractivity contribution in [1.82, 2.24) is 0 Å². The highest BCUT2D eigenvalue weighted by Crippen LogP contribution is 2.33. The van der Waals surface area contributed by atoms with Crippen molar-refractivity contribution in [3.8, 4) is 6.07 Å². The number of sulfonamides is 1.